The molecule has 2 rings (SSSR count). The van der Waals surface area contributed by atoms with Crippen molar-refractivity contribution in [3.8, 4) is 11.5 Å². The van der Waals surface area contributed by atoms with Crippen LogP contribution >= 0.6 is 0 Å². The van der Waals surface area contributed by atoms with Gasteiger partial charge in [0, 0.05) is 18.7 Å². The molecule has 1 unspecified atom stereocenters. The lowest BCUT2D eigenvalue weighted by atomic mass is 10.2. The number of unbranched alkanes of at least 4 members (excludes halogenated alkanes) is 3. The number of hydrogen-bond donors (Lipinski definition) is 1. The summed E-state index contributed by atoms with van der Waals surface area (Å²) in [5.74, 6) is 2.38. The van der Waals surface area contributed by atoms with E-state index < -0.39 is 0 Å². The van der Waals surface area contributed by atoms with Crippen LogP contribution in [0.1, 0.15) is 57.8 Å². The third-order valence-corrected chi connectivity index (χ3v) is 4.29. The van der Waals surface area contributed by atoms with Crippen LogP contribution in [0.3, 0.4) is 0 Å². The number of nitrogens with zero attached hydrogens (tertiary/aromatic N) is 2. The largest absolute Gasteiger partial charge is 0.493 e. The summed E-state index contributed by atoms with van der Waals surface area (Å²) in [4.78, 5) is 4.77. The smallest absolute Gasteiger partial charge is 0.163 e. The highest BCUT2D eigenvalue weighted by atomic mass is 16.5. The van der Waals surface area contributed by atoms with Crippen LogP contribution in [0.4, 0.5) is 0 Å². The van der Waals surface area contributed by atoms with Gasteiger partial charge in [0.15, 0.2) is 11.5 Å². The van der Waals surface area contributed by atoms with Crippen LogP contribution in [0.15, 0.2) is 12.1 Å². The summed E-state index contributed by atoms with van der Waals surface area (Å²) < 4.78 is 13.1. The van der Waals surface area contributed by atoms with E-state index in [0.29, 0.717) is 5.75 Å². The quantitative estimate of drug-likeness (QED) is 0.708. The first-order valence-electron chi connectivity index (χ1n) is 8.53. The van der Waals surface area contributed by atoms with Crippen LogP contribution in [0.5, 0.6) is 11.5 Å². The van der Waals surface area contributed by atoms with Gasteiger partial charge in [0.1, 0.15) is 5.82 Å². The van der Waals surface area contributed by atoms with Gasteiger partial charge in [-0.15, -0.1) is 0 Å². The Hall–Kier alpha value is -1.75. The molecule has 23 heavy (non-hydrogen) atoms. The maximum Gasteiger partial charge on any atom is 0.163 e. The van der Waals surface area contributed by atoms with Gasteiger partial charge in [-0.3, -0.25) is 0 Å². The van der Waals surface area contributed by atoms with Gasteiger partial charge < -0.3 is 19.8 Å². The molecule has 0 fully saturated rings. The van der Waals surface area contributed by atoms with E-state index >= 15 is 0 Å². The molecule has 0 radical (unpaired) electrons. The number of ether oxygens (including phenoxy) is 2. The van der Waals surface area contributed by atoms with Gasteiger partial charge in [-0.1, -0.05) is 33.1 Å². The van der Waals surface area contributed by atoms with E-state index in [1.807, 2.05) is 12.1 Å². The van der Waals surface area contributed by atoms with Crippen LogP contribution < -0.4 is 15.2 Å². The van der Waals surface area contributed by atoms with Crippen molar-refractivity contribution in [3.63, 3.8) is 0 Å². The van der Waals surface area contributed by atoms with Crippen LogP contribution in [-0.2, 0) is 6.54 Å². The van der Waals surface area contributed by atoms with Gasteiger partial charge in [0.2, 0.25) is 0 Å². The molecule has 128 valence electrons. The van der Waals surface area contributed by atoms with Gasteiger partial charge in [0.05, 0.1) is 31.3 Å². The summed E-state index contributed by atoms with van der Waals surface area (Å²) in [6, 6.07) is 3.89. The van der Waals surface area contributed by atoms with E-state index in [9.17, 15) is 0 Å². The van der Waals surface area contributed by atoms with E-state index in [2.05, 4.69) is 18.4 Å². The number of rotatable bonds is 9. The second-order valence-electron chi connectivity index (χ2n) is 5.89. The first-order valence-corrected chi connectivity index (χ1v) is 8.53. The SMILES string of the molecule is CCCCCCn1c(C(N)CC)nc2cc(OC)c(OC)cc21. The van der Waals surface area contributed by atoms with E-state index in [0.717, 1.165) is 42.0 Å². The van der Waals surface area contributed by atoms with Gasteiger partial charge in [-0.05, 0) is 12.8 Å². The highest BCUT2D eigenvalue weighted by Crippen LogP contribution is 2.33. The molecule has 5 heteroatoms. The number of fused-ring (bicyclic) bond motifs is 1. The molecule has 0 spiro atoms. The zero-order valence-corrected chi connectivity index (χ0v) is 14.8. The molecule has 1 heterocycles. The predicted octanol–water partition coefficient (Wildman–Crippen LogP) is 4.04. The standard InChI is InChI=1S/C18H29N3O2/c1-5-7-8-9-10-21-15-12-17(23-4)16(22-3)11-14(15)20-18(21)13(19)6-2/h11-13H,5-10,19H2,1-4H3. The summed E-state index contributed by atoms with van der Waals surface area (Å²) in [5, 5.41) is 0. The average molecular weight is 319 g/mol. The molecular formula is C18H29N3O2. The number of imidazole rings is 1. The van der Waals surface area contributed by atoms with Crippen molar-refractivity contribution in [2.45, 2.75) is 58.5 Å². The van der Waals surface area contributed by atoms with Gasteiger partial charge in [-0.25, -0.2) is 4.98 Å². The third kappa shape index (κ3) is 3.78. The van der Waals surface area contributed by atoms with Gasteiger partial charge >= 0.3 is 0 Å². The summed E-state index contributed by atoms with van der Waals surface area (Å²) in [6.07, 6.45) is 5.73. The van der Waals surface area contributed by atoms with Crippen LogP contribution in [0, 0.1) is 0 Å². The predicted molar refractivity (Wildman–Crippen MR) is 94.2 cm³/mol. The molecule has 0 amide bonds. The topological polar surface area (TPSA) is 62.3 Å². The Morgan fingerprint density at radius 3 is 2.39 bits per heavy atom. The minimum absolute atomic E-state index is 0.0504. The Morgan fingerprint density at radius 1 is 1.09 bits per heavy atom. The molecule has 2 aromatic rings. The summed E-state index contributed by atoms with van der Waals surface area (Å²) in [6.45, 7) is 5.25. The van der Waals surface area contributed by atoms with Crippen molar-refractivity contribution in [1.29, 1.82) is 0 Å². The first kappa shape index (κ1) is 17.6. The summed E-state index contributed by atoms with van der Waals surface area (Å²) in [7, 11) is 3.30. The Morgan fingerprint density at radius 2 is 1.78 bits per heavy atom. The number of aromatic nitrogens is 2. The second-order valence-corrected chi connectivity index (χ2v) is 5.89. The third-order valence-electron chi connectivity index (χ3n) is 4.29. The molecule has 0 aliphatic heterocycles. The molecular weight excluding hydrogens is 290 g/mol. The summed E-state index contributed by atoms with van der Waals surface area (Å²) in [5.41, 5.74) is 8.27. The Labute approximate surface area is 138 Å². The van der Waals surface area contributed by atoms with Crippen molar-refractivity contribution < 1.29 is 9.47 Å². The highest BCUT2D eigenvalue weighted by Gasteiger charge is 2.18. The molecule has 1 aromatic heterocycles. The number of aryl methyl sites for hydroxylation is 1. The van der Waals surface area contributed by atoms with Crippen LogP contribution in [0.2, 0.25) is 0 Å². The molecule has 2 N–H and O–H groups in total. The normalized spacial score (nSPS) is 12.6. The molecule has 0 aliphatic carbocycles. The van der Waals surface area contributed by atoms with Crippen molar-refractivity contribution in [3.05, 3.63) is 18.0 Å². The van der Waals surface area contributed by atoms with E-state index in [4.69, 9.17) is 20.2 Å². The van der Waals surface area contributed by atoms with E-state index in [1.54, 1.807) is 14.2 Å². The summed E-state index contributed by atoms with van der Waals surface area (Å²) >= 11 is 0. The molecule has 0 saturated carbocycles. The fourth-order valence-electron chi connectivity index (χ4n) is 2.87. The molecule has 1 aromatic carbocycles. The zero-order chi connectivity index (χ0) is 16.8. The minimum Gasteiger partial charge on any atom is -0.493 e. The second kappa shape index (κ2) is 8.20. The lowest BCUT2D eigenvalue weighted by molar-refractivity contribution is 0.355. The molecule has 0 saturated heterocycles. The van der Waals surface area contributed by atoms with Crippen molar-refractivity contribution in [1.82, 2.24) is 9.55 Å². The highest BCUT2D eigenvalue weighted by molar-refractivity contribution is 5.80. The van der Waals surface area contributed by atoms with Crippen molar-refractivity contribution in [2.75, 3.05) is 14.2 Å². The van der Waals surface area contributed by atoms with Crippen molar-refractivity contribution >= 4 is 11.0 Å². The maximum atomic E-state index is 6.28. The number of benzene rings is 1. The number of nitrogens with two attached hydrogens (primary N) is 1. The first-order chi connectivity index (χ1) is 11.2. The van der Waals surface area contributed by atoms with Gasteiger partial charge in [0.25, 0.3) is 0 Å². The van der Waals surface area contributed by atoms with E-state index in [1.165, 1.54) is 19.3 Å². The lowest BCUT2D eigenvalue weighted by Crippen LogP contribution is -2.16. The van der Waals surface area contributed by atoms with Gasteiger partial charge in [-0.2, -0.15) is 0 Å². The molecule has 1 atom stereocenters. The fraction of sp³-hybridized carbons (Fsp3) is 0.611. The average Bonchev–Trinajstić information content (AvgIpc) is 2.94. The molecule has 0 aliphatic rings. The van der Waals surface area contributed by atoms with Crippen LogP contribution in [0.25, 0.3) is 11.0 Å². The molecule has 5 nitrogen and oxygen atoms in total. The van der Waals surface area contributed by atoms with Crippen molar-refractivity contribution in [2.24, 2.45) is 5.73 Å². The number of hydrogen-bond acceptors (Lipinski definition) is 4. The van der Waals surface area contributed by atoms with E-state index in [-0.39, 0.29) is 6.04 Å². The minimum atomic E-state index is -0.0504. The Kier molecular flexibility index (Phi) is 6.28. The molecule has 0 bridgehead atoms. The monoisotopic (exact) mass is 319 g/mol. The van der Waals surface area contributed by atoms with Crippen LogP contribution in [-0.4, -0.2) is 23.8 Å². The lowest BCUT2D eigenvalue weighted by Gasteiger charge is -2.14. The Balaban J connectivity index is 2.45. The maximum absolute atomic E-state index is 6.28. The fourth-order valence-corrected chi connectivity index (χ4v) is 2.87. The Bertz CT molecular complexity index is 637. The number of methoxy groups -OCH3 is 2. The zero-order valence-electron chi connectivity index (χ0n) is 14.8.